The van der Waals surface area contributed by atoms with Crippen molar-refractivity contribution < 1.29 is 9.47 Å². The molecular formula is C22H29N5O2. The Morgan fingerprint density at radius 1 is 1.03 bits per heavy atom. The topological polar surface area (TPSA) is 72.4 Å². The SMILES string of the molecule is COc1cc2nncc(-c3ccc(N(C)CCNC(C)(C)C)nc3)c2cc1OC. The molecular weight excluding hydrogens is 366 g/mol. The van der Waals surface area contributed by atoms with Gasteiger partial charge in [0.05, 0.1) is 25.9 Å². The van der Waals surface area contributed by atoms with Crippen molar-refractivity contribution in [2.45, 2.75) is 26.3 Å². The van der Waals surface area contributed by atoms with Gasteiger partial charge >= 0.3 is 0 Å². The summed E-state index contributed by atoms with van der Waals surface area (Å²) in [5, 5.41) is 12.8. The Balaban J connectivity index is 1.85. The highest BCUT2D eigenvalue weighted by Crippen LogP contribution is 2.35. The average Bonchev–Trinajstić information content (AvgIpc) is 2.71. The fraction of sp³-hybridized carbons (Fsp3) is 0.409. The quantitative estimate of drug-likeness (QED) is 0.656. The highest BCUT2D eigenvalue weighted by atomic mass is 16.5. The Morgan fingerprint density at radius 2 is 1.76 bits per heavy atom. The van der Waals surface area contributed by atoms with Crippen LogP contribution < -0.4 is 19.7 Å². The molecule has 0 bridgehead atoms. The zero-order valence-corrected chi connectivity index (χ0v) is 18.0. The fourth-order valence-electron chi connectivity index (χ4n) is 3.10. The first-order valence-electron chi connectivity index (χ1n) is 9.62. The van der Waals surface area contributed by atoms with Crippen LogP contribution in [0.25, 0.3) is 22.0 Å². The van der Waals surface area contributed by atoms with Crippen molar-refractivity contribution in [2.24, 2.45) is 0 Å². The first-order valence-corrected chi connectivity index (χ1v) is 9.62. The highest BCUT2D eigenvalue weighted by molar-refractivity contribution is 5.95. The number of nitrogens with zero attached hydrogens (tertiary/aromatic N) is 4. The van der Waals surface area contributed by atoms with Crippen molar-refractivity contribution in [3.63, 3.8) is 0 Å². The summed E-state index contributed by atoms with van der Waals surface area (Å²) in [6, 6.07) is 7.85. The maximum Gasteiger partial charge on any atom is 0.162 e. The molecule has 0 amide bonds. The molecule has 1 N–H and O–H groups in total. The molecule has 0 unspecified atom stereocenters. The van der Waals surface area contributed by atoms with E-state index >= 15 is 0 Å². The summed E-state index contributed by atoms with van der Waals surface area (Å²) < 4.78 is 10.8. The van der Waals surface area contributed by atoms with Gasteiger partial charge in [0.2, 0.25) is 0 Å². The molecule has 1 aromatic carbocycles. The number of aromatic nitrogens is 3. The van der Waals surface area contributed by atoms with Gasteiger partial charge in [-0.05, 0) is 39.0 Å². The molecule has 0 atom stereocenters. The molecule has 0 saturated heterocycles. The Hall–Kier alpha value is -2.93. The predicted octanol–water partition coefficient (Wildman–Crippen LogP) is 3.53. The molecule has 0 aliphatic heterocycles. The number of nitrogens with one attached hydrogen (secondary N) is 1. The first kappa shape index (κ1) is 20.8. The summed E-state index contributed by atoms with van der Waals surface area (Å²) in [5.41, 5.74) is 2.78. The van der Waals surface area contributed by atoms with Crippen molar-refractivity contribution >= 4 is 16.7 Å². The minimum Gasteiger partial charge on any atom is -0.493 e. The summed E-state index contributed by atoms with van der Waals surface area (Å²) in [6.45, 7) is 8.26. The second-order valence-corrected chi connectivity index (χ2v) is 7.99. The molecule has 2 heterocycles. The van der Waals surface area contributed by atoms with Gasteiger partial charge in [-0.2, -0.15) is 10.2 Å². The Bertz CT molecular complexity index is 967. The van der Waals surface area contributed by atoms with E-state index in [4.69, 9.17) is 9.47 Å². The third kappa shape index (κ3) is 4.92. The van der Waals surface area contributed by atoms with E-state index in [2.05, 4.69) is 52.2 Å². The van der Waals surface area contributed by atoms with Crippen LogP contribution in [-0.2, 0) is 0 Å². The maximum absolute atomic E-state index is 5.45. The molecule has 0 saturated carbocycles. The molecule has 3 rings (SSSR count). The van der Waals surface area contributed by atoms with Gasteiger partial charge in [0.25, 0.3) is 0 Å². The molecule has 7 nitrogen and oxygen atoms in total. The number of likely N-dealkylation sites (N-methyl/N-ethyl adjacent to an activating group) is 1. The number of pyridine rings is 1. The van der Waals surface area contributed by atoms with Crippen LogP contribution in [0.4, 0.5) is 5.82 Å². The third-order valence-electron chi connectivity index (χ3n) is 4.70. The number of anilines is 1. The lowest BCUT2D eigenvalue weighted by Gasteiger charge is -2.24. The monoisotopic (exact) mass is 395 g/mol. The smallest absolute Gasteiger partial charge is 0.162 e. The van der Waals surface area contributed by atoms with Crippen LogP contribution in [0.1, 0.15) is 20.8 Å². The lowest BCUT2D eigenvalue weighted by molar-refractivity contribution is 0.356. The van der Waals surface area contributed by atoms with Crippen LogP contribution in [0.3, 0.4) is 0 Å². The van der Waals surface area contributed by atoms with Crippen LogP contribution in [0.15, 0.2) is 36.7 Å². The zero-order valence-electron chi connectivity index (χ0n) is 18.0. The normalized spacial score (nSPS) is 11.5. The van der Waals surface area contributed by atoms with Crippen molar-refractivity contribution in [1.29, 1.82) is 0 Å². The lowest BCUT2D eigenvalue weighted by atomic mass is 10.0. The van der Waals surface area contributed by atoms with Gasteiger partial charge in [-0.1, -0.05) is 0 Å². The largest absolute Gasteiger partial charge is 0.493 e. The average molecular weight is 396 g/mol. The third-order valence-corrected chi connectivity index (χ3v) is 4.70. The van der Waals surface area contributed by atoms with Gasteiger partial charge in [0, 0.05) is 54.5 Å². The number of rotatable bonds is 7. The van der Waals surface area contributed by atoms with E-state index in [9.17, 15) is 0 Å². The number of methoxy groups -OCH3 is 2. The van der Waals surface area contributed by atoms with E-state index < -0.39 is 0 Å². The van der Waals surface area contributed by atoms with Crippen LogP contribution in [0, 0.1) is 0 Å². The van der Waals surface area contributed by atoms with E-state index in [1.54, 1.807) is 20.4 Å². The Labute approximate surface area is 172 Å². The van der Waals surface area contributed by atoms with Gasteiger partial charge in [-0.3, -0.25) is 0 Å². The molecule has 29 heavy (non-hydrogen) atoms. The van der Waals surface area contributed by atoms with Gasteiger partial charge in [0.15, 0.2) is 11.5 Å². The zero-order chi connectivity index (χ0) is 21.0. The van der Waals surface area contributed by atoms with E-state index in [1.165, 1.54) is 0 Å². The van der Waals surface area contributed by atoms with Gasteiger partial charge in [-0.25, -0.2) is 4.98 Å². The summed E-state index contributed by atoms with van der Waals surface area (Å²) in [4.78, 5) is 6.79. The van der Waals surface area contributed by atoms with Gasteiger partial charge < -0.3 is 19.7 Å². The number of fused-ring (bicyclic) bond motifs is 1. The van der Waals surface area contributed by atoms with E-state index in [-0.39, 0.29) is 5.54 Å². The predicted molar refractivity (Wildman–Crippen MR) is 117 cm³/mol. The number of benzene rings is 1. The summed E-state index contributed by atoms with van der Waals surface area (Å²) in [5.74, 6) is 2.21. The van der Waals surface area contributed by atoms with E-state index in [1.807, 2.05) is 31.4 Å². The van der Waals surface area contributed by atoms with Crippen LogP contribution >= 0.6 is 0 Å². The first-order chi connectivity index (χ1) is 13.8. The molecule has 3 aromatic rings. The highest BCUT2D eigenvalue weighted by Gasteiger charge is 2.13. The Kier molecular flexibility index (Phi) is 6.17. The van der Waals surface area contributed by atoms with Crippen molar-refractivity contribution in [3.05, 3.63) is 36.7 Å². The number of hydrogen-bond donors (Lipinski definition) is 1. The molecule has 2 aromatic heterocycles. The fourth-order valence-corrected chi connectivity index (χ4v) is 3.10. The van der Waals surface area contributed by atoms with E-state index in [0.717, 1.165) is 40.9 Å². The van der Waals surface area contributed by atoms with E-state index in [0.29, 0.717) is 11.5 Å². The van der Waals surface area contributed by atoms with Crippen LogP contribution in [-0.4, -0.2) is 55.1 Å². The molecule has 0 aliphatic carbocycles. The van der Waals surface area contributed by atoms with Gasteiger partial charge in [0.1, 0.15) is 5.82 Å². The molecule has 7 heteroatoms. The molecule has 154 valence electrons. The summed E-state index contributed by atoms with van der Waals surface area (Å²) in [7, 11) is 5.28. The maximum atomic E-state index is 5.45. The molecule has 0 spiro atoms. The standard InChI is InChI=1S/C22H29N5O2/c1-22(2,3)24-9-10-27(4)21-8-7-15(13-23-21)17-14-25-26-18-12-20(29-6)19(28-5)11-16(17)18/h7-8,11-14,24H,9-10H2,1-6H3. The van der Waals surface area contributed by atoms with Crippen LogP contribution in [0.2, 0.25) is 0 Å². The Morgan fingerprint density at radius 3 is 2.38 bits per heavy atom. The van der Waals surface area contributed by atoms with Gasteiger partial charge in [-0.15, -0.1) is 0 Å². The molecule has 0 aliphatic rings. The summed E-state index contributed by atoms with van der Waals surface area (Å²) in [6.07, 6.45) is 3.62. The van der Waals surface area contributed by atoms with Crippen molar-refractivity contribution in [1.82, 2.24) is 20.5 Å². The minimum absolute atomic E-state index is 0.108. The molecule has 0 fully saturated rings. The lowest BCUT2D eigenvalue weighted by Crippen LogP contribution is -2.40. The number of hydrogen-bond acceptors (Lipinski definition) is 7. The number of ether oxygens (including phenoxy) is 2. The second kappa shape index (κ2) is 8.61. The minimum atomic E-state index is 0.108. The second-order valence-electron chi connectivity index (χ2n) is 7.99. The van der Waals surface area contributed by atoms with Crippen molar-refractivity contribution in [2.75, 3.05) is 39.3 Å². The van der Waals surface area contributed by atoms with Crippen molar-refractivity contribution in [3.8, 4) is 22.6 Å². The molecule has 0 radical (unpaired) electrons. The summed E-state index contributed by atoms with van der Waals surface area (Å²) >= 11 is 0. The van der Waals surface area contributed by atoms with Crippen LogP contribution in [0.5, 0.6) is 11.5 Å².